The first-order valence-corrected chi connectivity index (χ1v) is 7.67. The molecule has 9 nitrogen and oxygen atoms in total. The molecule has 0 fully saturated rings. The van der Waals surface area contributed by atoms with Gasteiger partial charge < -0.3 is 35.7 Å². The molecule has 0 aliphatic heterocycles. The maximum atomic E-state index is 11.7. The minimum atomic E-state index is -0.731. The summed E-state index contributed by atoms with van der Waals surface area (Å²) in [6.45, 7) is 2.63. The molecule has 0 aromatic carbocycles. The van der Waals surface area contributed by atoms with Gasteiger partial charge in [0.05, 0.1) is 45.7 Å². The van der Waals surface area contributed by atoms with Gasteiger partial charge >= 0.3 is 0 Å². The highest BCUT2D eigenvalue weighted by atomic mass is 16.5. The molecule has 0 saturated carbocycles. The second-order valence-electron chi connectivity index (χ2n) is 4.73. The topological polar surface area (TPSA) is 132 Å². The second-order valence-corrected chi connectivity index (χ2v) is 4.73. The van der Waals surface area contributed by atoms with Crippen molar-refractivity contribution in [2.45, 2.75) is 18.9 Å². The number of hydrogen-bond acceptors (Lipinski definition) is 7. The van der Waals surface area contributed by atoms with Crippen molar-refractivity contribution in [1.29, 1.82) is 0 Å². The Kier molecular flexibility index (Phi) is 14.8. The molecule has 0 bridgehead atoms. The van der Waals surface area contributed by atoms with Gasteiger partial charge in [0, 0.05) is 26.6 Å². The summed E-state index contributed by atoms with van der Waals surface area (Å²) in [6, 6.07) is -0.731. The number of aliphatic hydroxyl groups is 1. The van der Waals surface area contributed by atoms with Crippen molar-refractivity contribution in [3.8, 4) is 0 Å². The SMILES string of the molecule is COCCOCCNC(=O)C(N)CCC(=O)NCCOCCO. The molecule has 0 aliphatic carbocycles. The van der Waals surface area contributed by atoms with Crippen molar-refractivity contribution < 1.29 is 28.9 Å². The highest BCUT2D eigenvalue weighted by molar-refractivity contribution is 5.82. The molecule has 0 aromatic heterocycles. The monoisotopic (exact) mass is 335 g/mol. The van der Waals surface area contributed by atoms with Crippen LogP contribution in [-0.2, 0) is 23.8 Å². The molecule has 0 radical (unpaired) electrons. The fourth-order valence-electron chi connectivity index (χ4n) is 1.56. The maximum absolute atomic E-state index is 11.7. The second kappa shape index (κ2) is 15.6. The Morgan fingerprint density at radius 2 is 1.70 bits per heavy atom. The molecule has 1 atom stereocenters. The minimum Gasteiger partial charge on any atom is -0.394 e. The van der Waals surface area contributed by atoms with Crippen molar-refractivity contribution in [1.82, 2.24) is 10.6 Å². The van der Waals surface area contributed by atoms with Gasteiger partial charge in [0.15, 0.2) is 0 Å². The highest BCUT2D eigenvalue weighted by Gasteiger charge is 2.14. The van der Waals surface area contributed by atoms with E-state index in [2.05, 4.69) is 10.6 Å². The average molecular weight is 335 g/mol. The fourth-order valence-corrected chi connectivity index (χ4v) is 1.56. The van der Waals surface area contributed by atoms with Crippen LogP contribution < -0.4 is 16.4 Å². The van der Waals surface area contributed by atoms with Crippen LogP contribution in [-0.4, -0.2) is 82.8 Å². The summed E-state index contributed by atoms with van der Waals surface area (Å²) in [7, 11) is 1.59. The van der Waals surface area contributed by atoms with Crippen molar-refractivity contribution >= 4 is 11.8 Å². The lowest BCUT2D eigenvalue weighted by Crippen LogP contribution is -2.42. The van der Waals surface area contributed by atoms with Crippen LogP contribution in [0.4, 0.5) is 0 Å². The van der Waals surface area contributed by atoms with Crippen LogP contribution in [0.3, 0.4) is 0 Å². The molecular formula is C14H29N3O6. The van der Waals surface area contributed by atoms with Crippen LogP contribution >= 0.6 is 0 Å². The van der Waals surface area contributed by atoms with Crippen molar-refractivity contribution in [2.24, 2.45) is 5.73 Å². The van der Waals surface area contributed by atoms with E-state index in [1.807, 2.05) is 0 Å². The molecule has 5 N–H and O–H groups in total. The molecule has 0 saturated heterocycles. The van der Waals surface area contributed by atoms with E-state index >= 15 is 0 Å². The largest absolute Gasteiger partial charge is 0.394 e. The number of carbonyl (C=O) groups excluding carboxylic acids is 2. The number of carbonyl (C=O) groups is 2. The minimum absolute atomic E-state index is 0.0463. The van der Waals surface area contributed by atoms with Crippen LogP contribution in [0.5, 0.6) is 0 Å². The molecule has 2 amide bonds. The number of nitrogens with two attached hydrogens (primary N) is 1. The Morgan fingerprint density at radius 1 is 1.04 bits per heavy atom. The summed E-state index contributed by atoms with van der Waals surface area (Å²) in [5.41, 5.74) is 5.72. The summed E-state index contributed by atoms with van der Waals surface area (Å²) in [4.78, 5) is 23.2. The lowest BCUT2D eigenvalue weighted by atomic mass is 10.1. The Balaban J connectivity index is 3.57. The Labute approximate surface area is 136 Å². The van der Waals surface area contributed by atoms with Gasteiger partial charge in [-0.2, -0.15) is 0 Å². The van der Waals surface area contributed by atoms with Gasteiger partial charge in [-0.15, -0.1) is 0 Å². The molecular weight excluding hydrogens is 306 g/mol. The summed E-state index contributed by atoms with van der Waals surface area (Å²) in [5, 5.41) is 13.8. The first-order chi connectivity index (χ1) is 11.1. The van der Waals surface area contributed by atoms with E-state index in [4.69, 9.17) is 25.1 Å². The van der Waals surface area contributed by atoms with Crippen LogP contribution in [0.1, 0.15) is 12.8 Å². The quantitative estimate of drug-likeness (QED) is 0.254. The number of nitrogens with one attached hydrogen (secondary N) is 2. The Morgan fingerprint density at radius 3 is 2.35 bits per heavy atom. The molecule has 0 heterocycles. The Bertz CT molecular complexity index is 317. The summed E-state index contributed by atoms with van der Waals surface area (Å²) in [5.74, 6) is -0.497. The third-order valence-electron chi connectivity index (χ3n) is 2.80. The van der Waals surface area contributed by atoms with Gasteiger partial charge in [-0.1, -0.05) is 0 Å². The van der Waals surface area contributed by atoms with E-state index < -0.39 is 6.04 Å². The van der Waals surface area contributed by atoms with Crippen molar-refractivity contribution in [3.05, 3.63) is 0 Å². The smallest absolute Gasteiger partial charge is 0.237 e. The number of methoxy groups -OCH3 is 1. The van der Waals surface area contributed by atoms with E-state index in [0.29, 0.717) is 39.5 Å². The van der Waals surface area contributed by atoms with Crippen LogP contribution in [0.25, 0.3) is 0 Å². The summed E-state index contributed by atoms with van der Waals surface area (Å²) in [6.07, 6.45) is 0.429. The van der Waals surface area contributed by atoms with Gasteiger partial charge in [0.25, 0.3) is 0 Å². The lowest BCUT2D eigenvalue weighted by molar-refractivity contribution is -0.123. The van der Waals surface area contributed by atoms with Crippen molar-refractivity contribution in [3.63, 3.8) is 0 Å². The molecule has 136 valence electrons. The van der Waals surface area contributed by atoms with E-state index in [1.165, 1.54) is 0 Å². The van der Waals surface area contributed by atoms with Gasteiger partial charge in [-0.25, -0.2) is 0 Å². The van der Waals surface area contributed by atoms with Gasteiger partial charge in [-0.3, -0.25) is 9.59 Å². The first-order valence-electron chi connectivity index (χ1n) is 7.67. The lowest BCUT2D eigenvalue weighted by Gasteiger charge is -2.12. The van der Waals surface area contributed by atoms with Crippen molar-refractivity contribution in [2.75, 3.05) is 59.8 Å². The maximum Gasteiger partial charge on any atom is 0.237 e. The molecule has 0 aromatic rings. The predicted molar refractivity (Wildman–Crippen MR) is 83.8 cm³/mol. The normalized spacial score (nSPS) is 12.0. The average Bonchev–Trinajstić information content (AvgIpc) is 2.55. The highest BCUT2D eigenvalue weighted by Crippen LogP contribution is 1.95. The zero-order valence-corrected chi connectivity index (χ0v) is 13.7. The standard InChI is InChI=1S/C14H29N3O6/c1-21-10-11-23-8-5-17-14(20)12(15)2-3-13(19)16-4-7-22-9-6-18/h12,18H,2-11,15H2,1H3,(H,16,19)(H,17,20). The number of ether oxygens (including phenoxy) is 3. The number of aliphatic hydroxyl groups excluding tert-OH is 1. The van der Waals surface area contributed by atoms with Crippen LogP contribution in [0, 0.1) is 0 Å². The number of rotatable bonds is 15. The number of hydrogen-bond donors (Lipinski definition) is 4. The zero-order valence-electron chi connectivity index (χ0n) is 13.7. The molecule has 23 heavy (non-hydrogen) atoms. The van der Waals surface area contributed by atoms with Crippen LogP contribution in [0.2, 0.25) is 0 Å². The van der Waals surface area contributed by atoms with Gasteiger partial charge in [0.2, 0.25) is 11.8 Å². The third-order valence-corrected chi connectivity index (χ3v) is 2.80. The fraction of sp³-hybridized carbons (Fsp3) is 0.857. The predicted octanol–water partition coefficient (Wildman–Crippen LogP) is -2.00. The Hall–Kier alpha value is -1.26. The zero-order chi connectivity index (χ0) is 17.3. The molecule has 0 rings (SSSR count). The third kappa shape index (κ3) is 14.1. The summed E-state index contributed by atoms with van der Waals surface area (Å²) < 4.78 is 15.0. The van der Waals surface area contributed by atoms with Crippen LogP contribution in [0.15, 0.2) is 0 Å². The van der Waals surface area contributed by atoms with Gasteiger partial charge in [-0.05, 0) is 6.42 Å². The van der Waals surface area contributed by atoms with E-state index in [0.717, 1.165) is 0 Å². The van der Waals surface area contributed by atoms with E-state index in [1.54, 1.807) is 7.11 Å². The van der Waals surface area contributed by atoms with E-state index in [9.17, 15) is 9.59 Å². The van der Waals surface area contributed by atoms with Gasteiger partial charge in [0.1, 0.15) is 0 Å². The molecule has 9 heteroatoms. The summed E-state index contributed by atoms with van der Waals surface area (Å²) >= 11 is 0. The molecule has 1 unspecified atom stereocenters. The number of amides is 2. The van der Waals surface area contributed by atoms with E-state index in [-0.39, 0.29) is 37.9 Å². The first kappa shape index (κ1) is 21.7. The molecule has 0 aliphatic rings. The molecule has 0 spiro atoms.